The number of benzene rings is 1. The Morgan fingerprint density at radius 1 is 1.53 bits per heavy atom. The minimum Gasteiger partial charge on any atom is -0.492 e. The molecule has 19 heavy (non-hydrogen) atoms. The first-order valence-electron chi connectivity index (χ1n) is 6.31. The summed E-state index contributed by atoms with van der Waals surface area (Å²) in [6.07, 6.45) is 2.18. The number of ether oxygens (including phenoxy) is 2. The molecule has 0 heterocycles. The number of aryl methyl sites for hydroxylation is 1. The van der Waals surface area contributed by atoms with Crippen LogP contribution in [0.2, 0.25) is 0 Å². The lowest BCUT2D eigenvalue weighted by atomic mass is 10.1. The van der Waals surface area contributed by atoms with Gasteiger partial charge in [0.25, 0.3) is 0 Å². The zero-order chi connectivity index (χ0) is 14.3. The average molecular weight is 263 g/mol. The molecule has 0 saturated carbocycles. The first-order chi connectivity index (χ1) is 9.12. The molecule has 1 rings (SSSR count). The molecule has 1 atom stereocenters. The summed E-state index contributed by atoms with van der Waals surface area (Å²) in [7, 11) is 1.37. The Hall–Kier alpha value is -1.97. The van der Waals surface area contributed by atoms with Crippen LogP contribution >= 0.6 is 0 Å². The second kappa shape index (κ2) is 7.46. The lowest BCUT2D eigenvalue weighted by molar-refractivity contribution is -0.141. The Labute approximate surface area is 114 Å². The minimum absolute atomic E-state index is 0.317. The molecule has 1 N–H and O–H groups in total. The van der Waals surface area contributed by atoms with E-state index in [0.717, 1.165) is 17.0 Å². The number of carbonyl (C=O) groups excluding carboxylic acids is 1. The molecule has 104 valence electrons. The van der Waals surface area contributed by atoms with Gasteiger partial charge in [-0.2, -0.15) is 0 Å². The molecule has 4 nitrogen and oxygen atoms in total. The summed E-state index contributed by atoms with van der Waals surface area (Å²) in [5.41, 5.74) is 1.89. The summed E-state index contributed by atoms with van der Waals surface area (Å²) in [5, 5.41) is 3.14. The molecule has 1 aromatic carbocycles. The molecular weight excluding hydrogens is 242 g/mol. The molecule has 0 aliphatic carbocycles. The van der Waals surface area contributed by atoms with Gasteiger partial charge in [0.15, 0.2) is 0 Å². The predicted octanol–water partition coefficient (Wildman–Crippen LogP) is 2.92. The standard InChI is InChI=1S/C15H21NO3/c1-5-7-13(15(17)18-4)16-12-9-8-11(3)10-14(12)19-6-2/h5,8-10,13,16H,1,6-7H2,2-4H3. The summed E-state index contributed by atoms with van der Waals surface area (Å²) >= 11 is 0. The van der Waals surface area contributed by atoms with Gasteiger partial charge in [0, 0.05) is 0 Å². The van der Waals surface area contributed by atoms with E-state index in [1.54, 1.807) is 6.08 Å². The summed E-state index contributed by atoms with van der Waals surface area (Å²) in [6, 6.07) is 5.35. The number of nitrogens with one attached hydrogen (secondary N) is 1. The van der Waals surface area contributed by atoms with Gasteiger partial charge in [0.1, 0.15) is 11.8 Å². The van der Waals surface area contributed by atoms with E-state index in [1.165, 1.54) is 7.11 Å². The van der Waals surface area contributed by atoms with Crippen LogP contribution in [0.5, 0.6) is 5.75 Å². The summed E-state index contributed by atoms with van der Waals surface area (Å²) in [4.78, 5) is 11.7. The lowest BCUT2D eigenvalue weighted by Gasteiger charge is -2.19. The van der Waals surface area contributed by atoms with Gasteiger partial charge in [-0.15, -0.1) is 6.58 Å². The number of hydrogen-bond donors (Lipinski definition) is 1. The fourth-order valence-corrected chi connectivity index (χ4v) is 1.73. The number of carbonyl (C=O) groups is 1. The van der Waals surface area contributed by atoms with Gasteiger partial charge in [-0.1, -0.05) is 12.1 Å². The van der Waals surface area contributed by atoms with Crippen molar-refractivity contribution in [3.63, 3.8) is 0 Å². The van der Waals surface area contributed by atoms with E-state index in [2.05, 4.69) is 11.9 Å². The van der Waals surface area contributed by atoms with Crippen molar-refractivity contribution in [1.29, 1.82) is 0 Å². The van der Waals surface area contributed by atoms with Crippen LogP contribution in [0.1, 0.15) is 18.9 Å². The first kappa shape index (κ1) is 15.1. The Morgan fingerprint density at radius 3 is 2.84 bits per heavy atom. The Bertz CT molecular complexity index is 443. The smallest absolute Gasteiger partial charge is 0.328 e. The van der Waals surface area contributed by atoms with E-state index in [4.69, 9.17) is 9.47 Å². The van der Waals surface area contributed by atoms with E-state index in [1.807, 2.05) is 32.0 Å². The summed E-state index contributed by atoms with van der Waals surface area (Å²) < 4.78 is 10.3. The molecule has 0 bridgehead atoms. The van der Waals surface area contributed by atoms with Gasteiger partial charge in [-0.25, -0.2) is 4.79 Å². The third kappa shape index (κ3) is 4.32. The fraction of sp³-hybridized carbons (Fsp3) is 0.400. The molecule has 0 aromatic heterocycles. The maximum atomic E-state index is 11.7. The van der Waals surface area contributed by atoms with E-state index in [0.29, 0.717) is 13.0 Å². The fourth-order valence-electron chi connectivity index (χ4n) is 1.73. The van der Waals surface area contributed by atoms with E-state index >= 15 is 0 Å². The highest BCUT2D eigenvalue weighted by Gasteiger charge is 2.18. The maximum Gasteiger partial charge on any atom is 0.328 e. The molecule has 0 spiro atoms. The molecule has 0 aliphatic heterocycles. The molecule has 0 aliphatic rings. The van der Waals surface area contributed by atoms with Gasteiger partial charge >= 0.3 is 5.97 Å². The summed E-state index contributed by atoms with van der Waals surface area (Å²) in [6.45, 7) is 8.14. The monoisotopic (exact) mass is 263 g/mol. The van der Waals surface area contributed by atoms with Crippen molar-refractivity contribution in [2.45, 2.75) is 26.3 Å². The van der Waals surface area contributed by atoms with Crippen LogP contribution in [0.3, 0.4) is 0 Å². The molecule has 0 saturated heterocycles. The predicted molar refractivity (Wildman–Crippen MR) is 76.6 cm³/mol. The highest BCUT2D eigenvalue weighted by atomic mass is 16.5. The average Bonchev–Trinajstić information content (AvgIpc) is 2.40. The number of anilines is 1. The summed E-state index contributed by atoms with van der Waals surface area (Å²) in [5.74, 6) is 0.420. The Balaban J connectivity index is 2.94. The highest BCUT2D eigenvalue weighted by molar-refractivity contribution is 5.80. The van der Waals surface area contributed by atoms with E-state index < -0.39 is 6.04 Å². The molecule has 1 aromatic rings. The van der Waals surface area contributed by atoms with Crippen LogP contribution in [-0.2, 0) is 9.53 Å². The number of methoxy groups -OCH3 is 1. The minimum atomic E-state index is -0.454. The SMILES string of the molecule is C=CCC(Nc1ccc(C)cc1OCC)C(=O)OC. The largest absolute Gasteiger partial charge is 0.492 e. The molecule has 1 unspecified atom stereocenters. The lowest BCUT2D eigenvalue weighted by Crippen LogP contribution is -2.30. The molecule has 0 amide bonds. The number of hydrogen-bond acceptors (Lipinski definition) is 4. The van der Waals surface area contributed by atoms with Crippen molar-refractivity contribution in [3.05, 3.63) is 36.4 Å². The molecule has 0 fully saturated rings. The van der Waals surface area contributed by atoms with Crippen molar-refractivity contribution in [1.82, 2.24) is 0 Å². The van der Waals surface area contributed by atoms with Crippen molar-refractivity contribution in [2.75, 3.05) is 19.0 Å². The van der Waals surface area contributed by atoms with E-state index in [9.17, 15) is 4.79 Å². The first-order valence-corrected chi connectivity index (χ1v) is 6.31. The van der Waals surface area contributed by atoms with Crippen molar-refractivity contribution in [2.24, 2.45) is 0 Å². The van der Waals surface area contributed by atoms with Gasteiger partial charge < -0.3 is 14.8 Å². The highest BCUT2D eigenvalue weighted by Crippen LogP contribution is 2.27. The van der Waals surface area contributed by atoms with Crippen LogP contribution in [-0.4, -0.2) is 25.7 Å². The zero-order valence-electron chi connectivity index (χ0n) is 11.7. The zero-order valence-corrected chi connectivity index (χ0v) is 11.7. The molecule has 0 radical (unpaired) electrons. The maximum absolute atomic E-state index is 11.7. The van der Waals surface area contributed by atoms with Gasteiger partial charge in [0.05, 0.1) is 19.4 Å². The quantitative estimate of drug-likeness (QED) is 0.607. The Morgan fingerprint density at radius 2 is 2.26 bits per heavy atom. The van der Waals surface area contributed by atoms with Crippen LogP contribution in [0, 0.1) is 6.92 Å². The van der Waals surface area contributed by atoms with Crippen LogP contribution in [0.25, 0.3) is 0 Å². The van der Waals surface area contributed by atoms with Gasteiger partial charge in [0.2, 0.25) is 0 Å². The second-order valence-electron chi connectivity index (χ2n) is 4.18. The van der Waals surface area contributed by atoms with Crippen LogP contribution in [0.4, 0.5) is 5.69 Å². The van der Waals surface area contributed by atoms with Gasteiger partial charge in [-0.05, 0) is 38.0 Å². The van der Waals surface area contributed by atoms with Crippen LogP contribution < -0.4 is 10.1 Å². The number of rotatable bonds is 7. The van der Waals surface area contributed by atoms with Crippen molar-refractivity contribution < 1.29 is 14.3 Å². The second-order valence-corrected chi connectivity index (χ2v) is 4.18. The van der Waals surface area contributed by atoms with Crippen molar-refractivity contribution in [3.8, 4) is 5.75 Å². The third-order valence-electron chi connectivity index (χ3n) is 2.65. The van der Waals surface area contributed by atoms with Crippen LogP contribution in [0.15, 0.2) is 30.9 Å². The third-order valence-corrected chi connectivity index (χ3v) is 2.65. The van der Waals surface area contributed by atoms with Gasteiger partial charge in [-0.3, -0.25) is 0 Å². The van der Waals surface area contributed by atoms with E-state index in [-0.39, 0.29) is 5.97 Å². The number of esters is 1. The van der Waals surface area contributed by atoms with Crippen molar-refractivity contribution >= 4 is 11.7 Å². The Kier molecular flexibility index (Phi) is 5.93. The molecular formula is C15H21NO3. The topological polar surface area (TPSA) is 47.6 Å². The molecule has 4 heteroatoms. The normalized spacial score (nSPS) is 11.5.